The van der Waals surface area contributed by atoms with Gasteiger partial charge < -0.3 is 14.6 Å². The van der Waals surface area contributed by atoms with Gasteiger partial charge in [-0.25, -0.2) is 4.79 Å². The lowest BCUT2D eigenvalue weighted by Crippen LogP contribution is -2.29. The molecular formula is C19H20N2O3S. The second-order valence-corrected chi connectivity index (χ2v) is 6.62. The van der Waals surface area contributed by atoms with E-state index in [4.69, 9.17) is 4.74 Å². The highest BCUT2D eigenvalue weighted by molar-refractivity contribution is 7.16. The van der Waals surface area contributed by atoms with Gasteiger partial charge in [0.1, 0.15) is 17.1 Å². The van der Waals surface area contributed by atoms with Crippen LogP contribution in [0.4, 0.5) is 0 Å². The molecule has 6 heteroatoms. The molecule has 3 aromatic rings. The van der Waals surface area contributed by atoms with Crippen LogP contribution in [0.5, 0.6) is 0 Å². The summed E-state index contributed by atoms with van der Waals surface area (Å²) >= 11 is 1.51. The van der Waals surface area contributed by atoms with Crippen LogP contribution in [-0.4, -0.2) is 30.1 Å². The van der Waals surface area contributed by atoms with E-state index in [0.717, 1.165) is 23.1 Å². The summed E-state index contributed by atoms with van der Waals surface area (Å²) in [5, 5.41) is 5.82. The highest BCUT2D eigenvalue weighted by atomic mass is 32.1. The van der Waals surface area contributed by atoms with Gasteiger partial charge in [0.15, 0.2) is 0 Å². The number of benzene rings is 1. The van der Waals surface area contributed by atoms with Crippen LogP contribution in [0.1, 0.15) is 22.5 Å². The molecule has 3 rings (SSSR count). The Bertz CT molecular complexity index is 867. The van der Waals surface area contributed by atoms with Crippen LogP contribution in [0, 0.1) is 0 Å². The maximum atomic E-state index is 12.3. The summed E-state index contributed by atoms with van der Waals surface area (Å²) < 4.78 is 6.54. The monoisotopic (exact) mass is 356 g/mol. The minimum absolute atomic E-state index is 0.107. The molecule has 1 amide bonds. The summed E-state index contributed by atoms with van der Waals surface area (Å²) in [6, 6.07) is 13.9. The standard InChI is InChI=1S/C19H20N2O3S/c1-24-19(23)16-12-15-9-11-25-18(15)21(16)13-17(22)20-10-5-8-14-6-3-2-4-7-14/h2-4,6-7,9,11-12H,5,8,10,13H2,1H3,(H,20,22). The predicted octanol–water partition coefficient (Wildman–Crippen LogP) is 3.24. The van der Waals surface area contributed by atoms with Gasteiger partial charge in [-0.15, -0.1) is 11.3 Å². The van der Waals surface area contributed by atoms with Gasteiger partial charge in [0.2, 0.25) is 5.91 Å². The normalized spacial score (nSPS) is 10.8. The number of aryl methyl sites for hydroxylation is 1. The molecule has 0 radical (unpaired) electrons. The van der Waals surface area contributed by atoms with Gasteiger partial charge in [-0.05, 0) is 35.9 Å². The number of hydrogen-bond donors (Lipinski definition) is 1. The van der Waals surface area contributed by atoms with E-state index in [0.29, 0.717) is 12.2 Å². The van der Waals surface area contributed by atoms with E-state index in [2.05, 4.69) is 17.4 Å². The first-order valence-electron chi connectivity index (χ1n) is 8.14. The van der Waals surface area contributed by atoms with Crippen LogP contribution in [-0.2, 0) is 22.5 Å². The minimum atomic E-state index is -0.430. The molecule has 0 unspecified atom stereocenters. The SMILES string of the molecule is COC(=O)c1cc2ccsc2n1CC(=O)NCCCc1ccccc1. The van der Waals surface area contributed by atoms with Crippen molar-refractivity contribution in [3.05, 3.63) is 59.1 Å². The lowest BCUT2D eigenvalue weighted by molar-refractivity contribution is -0.121. The first-order valence-corrected chi connectivity index (χ1v) is 9.02. The van der Waals surface area contributed by atoms with Crippen LogP contribution in [0.15, 0.2) is 47.8 Å². The number of nitrogens with zero attached hydrogens (tertiary/aromatic N) is 1. The zero-order valence-corrected chi connectivity index (χ0v) is 14.8. The van der Waals surface area contributed by atoms with Crippen LogP contribution in [0.3, 0.4) is 0 Å². The second kappa shape index (κ2) is 7.98. The largest absolute Gasteiger partial charge is 0.464 e. The van der Waals surface area contributed by atoms with E-state index in [1.807, 2.05) is 29.6 Å². The van der Waals surface area contributed by atoms with Crippen LogP contribution >= 0.6 is 11.3 Å². The van der Waals surface area contributed by atoms with Gasteiger partial charge >= 0.3 is 5.97 Å². The van der Waals surface area contributed by atoms with Crippen molar-refractivity contribution in [2.24, 2.45) is 0 Å². The number of hydrogen-bond acceptors (Lipinski definition) is 4. The van der Waals surface area contributed by atoms with Crippen molar-refractivity contribution in [2.45, 2.75) is 19.4 Å². The van der Waals surface area contributed by atoms with Gasteiger partial charge in [0.05, 0.1) is 7.11 Å². The molecule has 0 spiro atoms. The van der Waals surface area contributed by atoms with E-state index < -0.39 is 5.97 Å². The molecule has 1 N–H and O–H groups in total. The average Bonchev–Trinajstić information content (AvgIpc) is 3.22. The Kier molecular flexibility index (Phi) is 5.50. The Balaban J connectivity index is 1.58. The Hall–Kier alpha value is -2.60. The smallest absolute Gasteiger partial charge is 0.354 e. The summed E-state index contributed by atoms with van der Waals surface area (Å²) in [5.74, 6) is -0.538. The van der Waals surface area contributed by atoms with Gasteiger partial charge in [0.25, 0.3) is 0 Å². The van der Waals surface area contributed by atoms with Gasteiger partial charge in [-0.1, -0.05) is 30.3 Å². The number of nitrogens with one attached hydrogen (secondary N) is 1. The average molecular weight is 356 g/mol. The van der Waals surface area contributed by atoms with Crippen molar-refractivity contribution in [3.63, 3.8) is 0 Å². The molecule has 0 fully saturated rings. The van der Waals surface area contributed by atoms with Crippen molar-refractivity contribution < 1.29 is 14.3 Å². The second-order valence-electron chi connectivity index (χ2n) is 5.73. The molecule has 1 aromatic carbocycles. The summed E-state index contributed by atoms with van der Waals surface area (Å²) in [7, 11) is 1.34. The Morgan fingerprint density at radius 2 is 2.00 bits per heavy atom. The van der Waals surface area contributed by atoms with Crippen molar-refractivity contribution in [2.75, 3.05) is 13.7 Å². The first kappa shape index (κ1) is 17.2. The third-order valence-electron chi connectivity index (χ3n) is 4.01. The van der Waals surface area contributed by atoms with E-state index >= 15 is 0 Å². The molecule has 5 nitrogen and oxygen atoms in total. The third-order valence-corrected chi connectivity index (χ3v) is 4.96. The van der Waals surface area contributed by atoms with Gasteiger partial charge in [-0.3, -0.25) is 4.79 Å². The lowest BCUT2D eigenvalue weighted by atomic mass is 10.1. The quantitative estimate of drug-likeness (QED) is 0.522. The zero-order valence-electron chi connectivity index (χ0n) is 14.0. The fourth-order valence-corrected chi connectivity index (χ4v) is 3.67. The number of carbonyl (C=O) groups is 2. The van der Waals surface area contributed by atoms with E-state index in [-0.39, 0.29) is 12.5 Å². The molecule has 0 aliphatic carbocycles. The first-order chi connectivity index (χ1) is 12.2. The molecule has 0 atom stereocenters. The summed E-state index contributed by atoms with van der Waals surface area (Å²) in [6.07, 6.45) is 1.80. The van der Waals surface area contributed by atoms with Crippen molar-refractivity contribution in [1.82, 2.24) is 9.88 Å². The summed E-state index contributed by atoms with van der Waals surface area (Å²) in [6.45, 7) is 0.718. The number of thiophene rings is 1. The Morgan fingerprint density at radius 3 is 2.76 bits per heavy atom. The highest BCUT2D eigenvalue weighted by Crippen LogP contribution is 2.25. The molecule has 0 bridgehead atoms. The van der Waals surface area contributed by atoms with Crippen LogP contribution in [0.2, 0.25) is 0 Å². The Morgan fingerprint density at radius 1 is 1.20 bits per heavy atom. The minimum Gasteiger partial charge on any atom is -0.464 e. The lowest BCUT2D eigenvalue weighted by Gasteiger charge is -2.09. The fraction of sp³-hybridized carbons (Fsp3) is 0.263. The molecule has 130 valence electrons. The number of fused-ring (bicyclic) bond motifs is 1. The molecule has 2 heterocycles. The number of carbonyl (C=O) groups excluding carboxylic acids is 2. The van der Waals surface area contributed by atoms with Crippen molar-refractivity contribution in [3.8, 4) is 0 Å². The predicted molar refractivity (Wildman–Crippen MR) is 98.9 cm³/mol. The number of ether oxygens (including phenoxy) is 1. The topological polar surface area (TPSA) is 60.3 Å². The number of rotatable bonds is 7. The van der Waals surface area contributed by atoms with Gasteiger partial charge in [0, 0.05) is 11.9 Å². The van der Waals surface area contributed by atoms with E-state index in [9.17, 15) is 9.59 Å². The Labute approximate surface area is 150 Å². The number of methoxy groups -OCH3 is 1. The fourth-order valence-electron chi connectivity index (χ4n) is 2.77. The summed E-state index contributed by atoms with van der Waals surface area (Å²) in [4.78, 5) is 25.1. The number of amides is 1. The molecule has 0 aliphatic heterocycles. The molecule has 25 heavy (non-hydrogen) atoms. The molecule has 2 aromatic heterocycles. The summed E-state index contributed by atoms with van der Waals surface area (Å²) in [5.41, 5.74) is 1.67. The number of aromatic nitrogens is 1. The maximum Gasteiger partial charge on any atom is 0.354 e. The third kappa shape index (κ3) is 4.09. The van der Waals surface area contributed by atoms with Crippen LogP contribution < -0.4 is 5.32 Å². The van der Waals surface area contributed by atoms with E-state index in [1.165, 1.54) is 24.0 Å². The molecule has 0 aliphatic rings. The van der Waals surface area contributed by atoms with Gasteiger partial charge in [-0.2, -0.15) is 0 Å². The molecular weight excluding hydrogens is 336 g/mol. The van der Waals surface area contributed by atoms with Crippen LogP contribution in [0.25, 0.3) is 10.2 Å². The molecule has 0 saturated heterocycles. The maximum absolute atomic E-state index is 12.3. The van der Waals surface area contributed by atoms with Crippen molar-refractivity contribution in [1.29, 1.82) is 0 Å². The zero-order chi connectivity index (χ0) is 17.6. The van der Waals surface area contributed by atoms with E-state index in [1.54, 1.807) is 10.6 Å². The molecule has 0 saturated carbocycles. The highest BCUT2D eigenvalue weighted by Gasteiger charge is 2.18. The van der Waals surface area contributed by atoms with Crippen molar-refractivity contribution >= 4 is 33.4 Å². The number of esters is 1.